The number of benzene rings is 1. The number of carbonyl (C=O) groups excluding carboxylic acids is 1. The number of likely N-dealkylation sites (tertiary alicyclic amines) is 1. The monoisotopic (exact) mass is 279 g/mol. The zero-order valence-electron chi connectivity index (χ0n) is 12.1. The summed E-state index contributed by atoms with van der Waals surface area (Å²) in [5.74, 6) is -0.369. The van der Waals surface area contributed by atoms with E-state index >= 15 is 0 Å². The molecule has 2 unspecified atom stereocenters. The highest BCUT2D eigenvalue weighted by Gasteiger charge is 2.28. The molecule has 1 N–H and O–H groups in total. The molecule has 0 radical (unpaired) electrons. The predicted octanol–water partition coefficient (Wildman–Crippen LogP) is 2.90. The van der Waals surface area contributed by atoms with Gasteiger partial charge < -0.3 is 10.0 Å². The first-order valence-corrected chi connectivity index (χ1v) is 7.24. The van der Waals surface area contributed by atoms with Gasteiger partial charge in [-0.15, -0.1) is 0 Å². The minimum absolute atomic E-state index is 0.0483. The standard InChI is InChI=1S/C16H22FNO2/c1-11-9-13(17)6-7-15(11)16(20)18-8-4-3-5-14(18)10-12(2)19/h6-7,9,12,14,19H,3-5,8,10H2,1-2H3. The summed E-state index contributed by atoms with van der Waals surface area (Å²) in [5, 5.41) is 9.58. The Labute approximate surface area is 119 Å². The van der Waals surface area contributed by atoms with Crippen molar-refractivity contribution in [3.05, 3.63) is 35.1 Å². The van der Waals surface area contributed by atoms with Crippen LogP contribution in [-0.2, 0) is 0 Å². The Bertz CT molecular complexity index is 487. The summed E-state index contributed by atoms with van der Waals surface area (Å²) < 4.78 is 13.1. The van der Waals surface area contributed by atoms with Gasteiger partial charge in [0, 0.05) is 18.2 Å². The molecule has 0 aliphatic carbocycles. The normalized spacial score (nSPS) is 20.8. The molecule has 0 aromatic heterocycles. The predicted molar refractivity (Wildman–Crippen MR) is 76.1 cm³/mol. The fraction of sp³-hybridized carbons (Fsp3) is 0.562. The van der Waals surface area contributed by atoms with Crippen molar-refractivity contribution < 1.29 is 14.3 Å². The summed E-state index contributed by atoms with van der Waals surface area (Å²) >= 11 is 0. The summed E-state index contributed by atoms with van der Waals surface area (Å²) in [4.78, 5) is 14.5. The lowest BCUT2D eigenvalue weighted by Crippen LogP contribution is -2.45. The number of aliphatic hydroxyl groups is 1. The van der Waals surface area contributed by atoms with E-state index in [0.29, 0.717) is 24.1 Å². The number of aliphatic hydroxyl groups excluding tert-OH is 1. The van der Waals surface area contributed by atoms with Gasteiger partial charge in [-0.05, 0) is 63.3 Å². The lowest BCUT2D eigenvalue weighted by molar-refractivity contribution is 0.0514. The molecule has 4 heteroatoms. The third-order valence-electron chi connectivity index (χ3n) is 3.92. The van der Waals surface area contributed by atoms with Crippen LogP contribution in [0.3, 0.4) is 0 Å². The van der Waals surface area contributed by atoms with E-state index in [0.717, 1.165) is 19.3 Å². The van der Waals surface area contributed by atoms with Crippen molar-refractivity contribution >= 4 is 5.91 Å². The number of hydrogen-bond acceptors (Lipinski definition) is 2. The molecular weight excluding hydrogens is 257 g/mol. The number of carbonyl (C=O) groups is 1. The molecule has 3 nitrogen and oxygen atoms in total. The first-order valence-electron chi connectivity index (χ1n) is 7.24. The second kappa shape index (κ2) is 6.35. The lowest BCUT2D eigenvalue weighted by atomic mass is 9.95. The molecular formula is C16H22FNO2. The van der Waals surface area contributed by atoms with Gasteiger partial charge in [-0.25, -0.2) is 4.39 Å². The van der Waals surface area contributed by atoms with Gasteiger partial charge >= 0.3 is 0 Å². The molecule has 1 aliphatic rings. The fourth-order valence-corrected chi connectivity index (χ4v) is 2.93. The Balaban J connectivity index is 2.20. The number of nitrogens with zero attached hydrogens (tertiary/aromatic N) is 1. The van der Waals surface area contributed by atoms with Gasteiger partial charge in [0.05, 0.1) is 6.10 Å². The zero-order valence-corrected chi connectivity index (χ0v) is 12.1. The average molecular weight is 279 g/mol. The third kappa shape index (κ3) is 3.37. The van der Waals surface area contributed by atoms with Crippen LogP contribution in [0.15, 0.2) is 18.2 Å². The van der Waals surface area contributed by atoms with Crippen LogP contribution in [0.2, 0.25) is 0 Å². The van der Waals surface area contributed by atoms with Gasteiger partial charge in [-0.3, -0.25) is 4.79 Å². The van der Waals surface area contributed by atoms with Crippen LogP contribution in [-0.4, -0.2) is 34.6 Å². The minimum atomic E-state index is -0.414. The number of rotatable bonds is 3. The molecule has 0 bridgehead atoms. The number of piperidine rings is 1. The second-order valence-corrected chi connectivity index (χ2v) is 5.69. The summed E-state index contributed by atoms with van der Waals surface area (Å²) in [6, 6.07) is 4.36. The van der Waals surface area contributed by atoms with E-state index in [-0.39, 0.29) is 17.8 Å². The molecule has 1 aromatic rings. The first-order chi connectivity index (χ1) is 9.49. The molecule has 2 atom stereocenters. The van der Waals surface area contributed by atoms with Crippen molar-refractivity contribution in [1.29, 1.82) is 0 Å². The summed E-state index contributed by atoms with van der Waals surface area (Å²) in [7, 11) is 0. The summed E-state index contributed by atoms with van der Waals surface area (Å²) in [6.45, 7) is 4.22. The van der Waals surface area contributed by atoms with Crippen LogP contribution in [0.5, 0.6) is 0 Å². The fourth-order valence-electron chi connectivity index (χ4n) is 2.93. The highest BCUT2D eigenvalue weighted by Crippen LogP contribution is 2.24. The van der Waals surface area contributed by atoms with Crippen LogP contribution >= 0.6 is 0 Å². The van der Waals surface area contributed by atoms with Crippen LogP contribution in [0, 0.1) is 12.7 Å². The minimum Gasteiger partial charge on any atom is -0.393 e. The molecule has 2 rings (SSSR count). The van der Waals surface area contributed by atoms with Crippen molar-refractivity contribution in [3.8, 4) is 0 Å². The first kappa shape index (κ1) is 15.0. The average Bonchev–Trinajstić information content (AvgIpc) is 2.38. The number of amides is 1. The van der Waals surface area contributed by atoms with Gasteiger partial charge in [0.1, 0.15) is 5.82 Å². The Morgan fingerprint density at radius 3 is 2.90 bits per heavy atom. The Morgan fingerprint density at radius 1 is 1.50 bits per heavy atom. The Morgan fingerprint density at radius 2 is 2.25 bits per heavy atom. The lowest BCUT2D eigenvalue weighted by Gasteiger charge is -2.36. The van der Waals surface area contributed by atoms with Crippen molar-refractivity contribution in [2.75, 3.05) is 6.54 Å². The van der Waals surface area contributed by atoms with Crippen LogP contribution < -0.4 is 0 Å². The van der Waals surface area contributed by atoms with E-state index in [2.05, 4.69) is 0 Å². The van der Waals surface area contributed by atoms with Gasteiger partial charge in [-0.2, -0.15) is 0 Å². The highest BCUT2D eigenvalue weighted by atomic mass is 19.1. The smallest absolute Gasteiger partial charge is 0.254 e. The molecule has 0 saturated carbocycles. The summed E-state index contributed by atoms with van der Waals surface area (Å²) in [6.07, 6.45) is 3.19. The molecule has 1 aromatic carbocycles. The quantitative estimate of drug-likeness (QED) is 0.924. The van der Waals surface area contributed by atoms with E-state index in [1.54, 1.807) is 19.9 Å². The van der Waals surface area contributed by atoms with Crippen LogP contribution in [0.1, 0.15) is 48.5 Å². The van der Waals surface area contributed by atoms with E-state index in [9.17, 15) is 14.3 Å². The molecule has 20 heavy (non-hydrogen) atoms. The van der Waals surface area contributed by atoms with Gasteiger partial charge in [-0.1, -0.05) is 0 Å². The molecule has 1 saturated heterocycles. The Hall–Kier alpha value is -1.42. The molecule has 110 valence electrons. The van der Waals surface area contributed by atoms with Crippen LogP contribution in [0.4, 0.5) is 4.39 Å². The van der Waals surface area contributed by atoms with E-state index in [1.807, 2.05) is 4.90 Å². The molecule has 1 aliphatic heterocycles. The maximum Gasteiger partial charge on any atom is 0.254 e. The third-order valence-corrected chi connectivity index (χ3v) is 3.92. The van der Waals surface area contributed by atoms with E-state index < -0.39 is 6.10 Å². The topological polar surface area (TPSA) is 40.5 Å². The summed E-state index contributed by atoms with van der Waals surface area (Å²) in [5.41, 5.74) is 1.22. The van der Waals surface area contributed by atoms with Gasteiger partial charge in [0.25, 0.3) is 5.91 Å². The number of halogens is 1. The number of hydrogen-bond donors (Lipinski definition) is 1. The maximum atomic E-state index is 13.1. The Kier molecular flexibility index (Phi) is 4.76. The van der Waals surface area contributed by atoms with E-state index in [1.165, 1.54) is 12.1 Å². The number of aryl methyl sites for hydroxylation is 1. The van der Waals surface area contributed by atoms with Crippen LogP contribution in [0.25, 0.3) is 0 Å². The van der Waals surface area contributed by atoms with Crippen molar-refractivity contribution in [2.45, 2.75) is 51.7 Å². The highest BCUT2D eigenvalue weighted by molar-refractivity contribution is 5.95. The molecule has 0 spiro atoms. The van der Waals surface area contributed by atoms with Gasteiger partial charge in [0.2, 0.25) is 0 Å². The second-order valence-electron chi connectivity index (χ2n) is 5.69. The molecule has 1 fully saturated rings. The molecule has 1 heterocycles. The maximum absolute atomic E-state index is 13.1. The van der Waals surface area contributed by atoms with Crippen molar-refractivity contribution in [2.24, 2.45) is 0 Å². The largest absolute Gasteiger partial charge is 0.393 e. The van der Waals surface area contributed by atoms with Gasteiger partial charge in [0.15, 0.2) is 0 Å². The zero-order chi connectivity index (χ0) is 14.7. The SMILES string of the molecule is Cc1cc(F)ccc1C(=O)N1CCCCC1CC(C)O. The van der Waals surface area contributed by atoms with Crippen molar-refractivity contribution in [1.82, 2.24) is 4.90 Å². The van der Waals surface area contributed by atoms with E-state index in [4.69, 9.17) is 0 Å². The molecule has 1 amide bonds. The van der Waals surface area contributed by atoms with Crippen molar-refractivity contribution in [3.63, 3.8) is 0 Å².